The number of aromatic amines is 1. The highest BCUT2D eigenvalue weighted by Crippen LogP contribution is 2.42. The van der Waals surface area contributed by atoms with E-state index in [0.29, 0.717) is 17.8 Å². The molecule has 0 spiro atoms. The van der Waals surface area contributed by atoms with E-state index in [0.717, 1.165) is 24.6 Å². The molecule has 27 heavy (non-hydrogen) atoms. The molecule has 0 saturated heterocycles. The van der Waals surface area contributed by atoms with Gasteiger partial charge in [-0.05, 0) is 32.1 Å². The summed E-state index contributed by atoms with van der Waals surface area (Å²) in [4.78, 5) is 2.07. The molecule has 0 bridgehead atoms. The van der Waals surface area contributed by atoms with Crippen molar-refractivity contribution in [2.45, 2.75) is 26.1 Å². The van der Waals surface area contributed by atoms with E-state index in [4.69, 9.17) is 21.1 Å². The minimum absolute atomic E-state index is 0.0407. The summed E-state index contributed by atoms with van der Waals surface area (Å²) < 4.78 is 50.6. The molecule has 0 radical (unpaired) electrons. The van der Waals surface area contributed by atoms with Gasteiger partial charge in [0.1, 0.15) is 12.4 Å². The fourth-order valence-corrected chi connectivity index (χ4v) is 2.99. The predicted molar refractivity (Wildman–Crippen MR) is 98.0 cm³/mol. The van der Waals surface area contributed by atoms with Gasteiger partial charge in [0, 0.05) is 24.8 Å². The van der Waals surface area contributed by atoms with Crippen LogP contribution in [-0.4, -0.2) is 49.0 Å². The van der Waals surface area contributed by atoms with Gasteiger partial charge in [0.05, 0.1) is 29.1 Å². The Labute approximate surface area is 161 Å². The normalized spacial score (nSPS) is 12.0. The largest absolute Gasteiger partial charge is 0.490 e. The number of hydrogen-bond donors (Lipinski definition) is 1. The monoisotopic (exact) mass is 405 g/mol. The van der Waals surface area contributed by atoms with Crippen LogP contribution in [0.25, 0.3) is 11.3 Å². The zero-order chi connectivity index (χ0) is 20.0. The molecule has 2 rings (SSSR count). The van der Waals surface area contributed by atoms with Crippen molar-refractivity contribution in [3.8, 4) is 17.0 Å². The first-order valence-electron chi connectivity index (χ1n) is 8.51. The first-order valence-corrected chi connectivity index (χ1v) is 8.89. The van der Waals surface area contributed by atoms with Crippen molar-refractivity contribution in [3.05, 3.63) is 34.5 Å². The minimum atomic E-state index is -4.61. The number of methoxy groups -OCH3 is 1. The fraction of sp³-hybridized carbons (Fsp3) is 0.500. The lowest BCUT2D eigenvalue weighted by molar-refractivity contribution is -0.137. The average Bonchev–Trinajstić information content (AvgIpc) is 3.03. The van der Waals surface area contributed by atoms with Crippen LogP contribution < -0.4 is 4.74 Å². The number of nitrogens with one attached hydrogen (secondary N) is 1. The van der Waals surface area contributed by atoms with E-state index >= 15 is 0 Å². The Hall–Kier alpha value is -1.77. The number of H-pyrrole nitrogens is 1. The SMILES string of the molecule is CCCN(C)Cc1cn[nH]c1-c1cc(OCCOC)c(Cl)c(C(F)(F)F)c1. The van der Waals surface area contributed by atoms with E-state index in [-0.39, 0.29) is 19.0 Å². The van der Waals surface area contributed by atoms with E-state index in [1.54, 1.807) is 6.20 Å². The van der Waals surface area contributed by atoms with Gasteiger partial charge in [0.2, 0.25) is 0 Å². The van der Waals surface area contributed by atoms with E-state index in [1.165, 1.54) is 13.2 Å². The molecule has 2 aromatic rings. The van der Waals surface area contributed by atoms with Crippen LogP contribution in [0.3, 0.4) is 0 Å². The summed E-state index contributed by atoms with van der Waals surface area (Å²) in [6, 6.07) is 2.51. The molecule has 0 aliphatic carbocycles. The second kappa shape index (κ2) is 9.43. The lowest BCUT2D eigenvalue weighted by atomic mass is 10.0. The average molecular weight is 406 g/mol. The standard InChI is InChI=1S/C18H23ClF3N3O2/c1-4-5-25(2)11-13-10-23-24-17(13)12-8-14(18(20,21)22)16(19)15(9-12)27-7-6-26-3/h8-10H,4-7,11H2,1-3H3,(H,23,24). The number of hydrogen-bond acceptors (Lipinski definition) is 4. The van der Waals surface area contributed by atoms with Crippen LogP contribution in [0.4, 0.5) is 13.2 Å². The van der Waals surface area contributed by atoms with Crippen molar-refractivity contribution < 1.29 is 22.6 Å². The van der Waals surface area contributed by atoms with Crippen LogP contribution in [0, 0.1) is 0 Å². The van der Waals surface area contributed by atoms with Gasteiger partial charge in [-0.15, -0.1) is 0 Å². The molecule has 1 N–H and O–H groups in total. The molecule has 1 heterocycles. The fourth-order valence-electron chi connectivity index (χ4n) is 2.72. The van der Waals surface area contributed by atoms with E-state index in [2.05, 4.69) is 22.0 Å². The van der Waals surface area contributed by atoms with Crippen molar-refractivity contribution in [1.82, 2.24) is 15.1 Å². The number of alkyl halides is 3. The first-order chi connectivity index (χ1) is 12.8. The summed E-state index contributed by atoms with van der Waals surface area (Å²) >= 11 is 5.95. The number of aromatic nitrogens is 2. The Morgan fingerprint density at radius 1 is 1.26 bits per heavy atom. The summed E-state index contributed by atoms with van der Waals surface area (Å²) in [6.07, 6.45) is -2.01. The maximum Gasteiger partial charge on any atom is 0.418 e. The molecule has 0 saturated carbocycles. The lowest BCUT2D eigenvalue weighted by Crippen LogP contribution is -2.18. The predicted octanol–water partition coefficient (Wildman–Crippen LogP) is 4.62. The summed E-state index contributed by atoms with van der Waals surface area (Å²) in [6.45, 7) is 3.81. The Balaban J connectivity index is 2.45. The quantitative estimate of drug-likeness (QED) is 0.619. The van der Waals surface area contributed by atoms with Crippen molar-refractivity contribution in [3.63, 3.8) is 0 Å². The van der Waals surface area contributed by atoms with Gasteiger partial charge in [-0.3, -0.25) is 5.10 Å². The number of nitrogens with zero attached hydrogens (tertiary/aromatic N) is 2. The molecule has 0 aliphatic rings. The molecular weight excluding hydrogens is 383 g/mol. The van der Waals surface area contributed by atoms with Crippen molar-refractivity contribution >= 4 is 11.6 Å². The maximum atomic E-state index is 13.5. The Morgan fingerprint density at radius 3 is 2.63 bits per heavy atom. The molecule has 9 heteroatoms. The number of rotatable bonds is 9. The van der Waals surface area contributed by atoms with Gasteiger partial charge in [-0.25, -0.2) is 0 Å². The van der Waals surface area contributed by atoms with Gasteiger partial charge < -0.3 is 14.4 Å². The lowest BCUT2D eigenvalue weighted by Gasteiger charge is -2.18. The first kappa shape index (κ1) is 21.5. The third-order valence-corrected chi connectivity index (χ3v) is 4.33. The summed E-state index contributed by atoms with van der Waals surface area (Å²) in [5, 5.41) is 6.33. The molecule has 1 aromatic carbocycles. The zero-order valence-corrected chi connectivity index (χ0v) is 16.2. The molecule has 5 nitrogen and oxygen atoms in total. The summed E-state index contributed by atoms with van der Waals surface area (Å²) in [5.41, 5.74) is 0.675. The van der Waals surface area contributed by atoms with Crippen LogP contribution in [0.2, 0.25) is 5.02 Å². The Bertz CT molecular complexity index is 750. The molecule has 0 aliphatic heterocycles. The highest BCUT2D eigenvalue weighted by molar-refractivity contribution is 6.33. The van der Waals surface area contributed by atoms with Crippen LogP contribution in [0.1, 0.15) is 24.5 Å². The van der Waals surface area contributed by atoms with Gasteiger partial charge in [0.25, 0.3) is 0 Å². The van der Waals surface area contributed by atoms with Crippen LogP contribution >= 0.6 is 11.6 Å². The molecule has 0 fully saturated rings. The topological polar surface area (TPSA) is 50.4 Å². The number of ether oxygens (including phenoxy) is 2. The maximum absolute atomic E-state index is 13.5. The third-order valence-electron chi connectivity index (χ3n) is 3.94. The summed E-state index contributed by atoms with van der Waals surface area (Å²) in [5.74, 6) is -0.0407. The number of benzene rings is 1. The second-order valence-electron chi connectivity index (χ2n) is 6.18. The minimum Gasteiger partial charge on any atom is -0.490 e. The number of halogens is 4. The van der Waals surface area contributed by atoms with E-state index < -0.39 is 16.8 Å². The Kier molecular flexibility index (Phi) is 7.52. The zero-order valence-electron chi connectivity index (χ0n) is 15.5. The van der Waals surface area contributed by atoms with E-state index in [1.807, 2.05) is 7.05 Å². The van der Waals surface area contributed by atoms with Gasteiger partial charge in [-0.1, -0.05) is 18.5 Å². The molecule has 0 amide bonds. The second-order valence-corrected chi connectivity index (χ2v) is 6.56. The third kappa shape index (κ3) is 5.60. The van der Waals surface area contributed by atoms with Crippen molar-refractivity contribution in [1.29, 1.82) is 0 Å². The van der Waals surface area contributed by atoms with E-state index in [9.17, 15) is 13.2 Å². The van der Waals surface area contributed by atoms with Gasteiger partial charge in [0.15, 0.2) is 0 Å². The Morgan fingerprint density at radius 2 is 2.00 bits per heavy atom. The van der Waals surface area contributed by atoms with Crippen LogP contribution in [0.5, 0.6) is 5.75 Å². The highest BCUT2D eigenvalue weighted by atomic mass is 35.5. The van der Waals surface area contributed by atoms with Crippen molar-refractivity contribution in [2.24, 2.45) is 0 Å². The molecular formula is C18H23ClF3N3O2. The molecule has 1 aromatic heterocycles. The highest BCUT2D eigenvalue weighted by Gasteiger charge is 2.35. The summed E-state index contributed by atoms with van der Waals surface area (Å²) in [7, 11) is 3.43. The van der Waals surface area contributed by atoms with Gasteiger partial charge >= 0.3 is 6.18 Å². The smallest absolute Gasteiger partial charge is 0.418 e. The van der Waals surface area contributed by atoms with Crippen molar-refractivity contribution in [2.75, 3.05) is 33.9 Å². The molecule has 0 atom stereocenters. The van der Waals surface area contributed by atoms with Gasteiger partial charge in [-0.2, -0.15) is 18.3 Å². The van der Waals surface area contributed by atoms with Crippen LogP contribution in [0.15, 0.2) is 18.3 Å². The molecule has 0 unspecified atom stereocenters. The molecule has 150 valence electrons. The van der Waals surface area contributed by atoms with Crippen LogP contribution in [-0.2, 0) is 17.5 Å².